The largest absolute Gasteiger partial charge is 0.507 e. The first-order valence-corrected chi connectivity index (χ1v) is 27.5. The number of hydrogen-bond acceptors (Lipinski definition) is 15. The number of nitrogen functional groups attached to an aromatic ring is 1. The van der Waals surface area contributed by atoms with Crippen molar-refractivity contribution < 1.29 is 38.9 Å². The monoisotopic (exact) mass is 1060 g/mol. The average molecular weight is 1060 g/mol. The standard InChI is InChI=1S/C57H74N10O8S/c1-37(39-17-19-40(20-18-39)52-38(2)59-36-76-52)60-55(72)47-32-42(68)34-67(47)56(73)53(57(3,4)5)61-50(70)15-7-6-8-16-51(71)65-28-26-64(27-29-65)30-31-74-43-23-21-41(22-24-43)66-25-11-12-44(35-66)75-49-33-46(62-63-54(49)58)45-13-9-10-14-48(45)69/h9-10,13-14,17-24,33,36-37,42,44,47,53,68-69H,6-8,11-12,15-16,25-32,34-35H2,1-5H3,(H2,58,63)(H,60,72)(H,61,70)/t37?,42-,44?,47+,53?/m1/s1. The summed E-state index contributed by atoms with van der Waals surface area (Å²) in [5.41, 5.74) is 12.4. The molecule has 0 radical (unpaired) electrons. The minimum absolute atomic E-state index is 0.0000324. The molecule has 8 rings (SSSR count). The first-order valence-electron chi connectivity index (χ1n) is 26.7. The van der Waals surface area contributed by atoms with Crippen LogP contribution in [0.15, 0.2) is 84.4 Å². The number of nitrogens with zero attached hydrogens (tertiary/aromatic N) is 7. The van der Waals surface area contributed by atoms with Crippen LogP contribution in [-0.2, 0) is 19.2 Å². The number of para-hydroxylation sites is 1. The van der Waals surface area contributed by atoms with Crippen molar-refractivity contribution in [3.63, 3.8) is 0 Å². The predicted molar refractivity (Wildman–Crippen MR) is 294 cm³/mol. The lowest BCUT2D eigenvalue weighted by Crippen LogP contribution is -2.57. The number of benzene rings is 3. The molecule has 4 amide bonds. The van der Waals surface area contributed by atoms with Crippen molar-refractivity contribution in [3.8, 4) is 38.9 Å². The Balaban J connectivity index is 0.703. The summed E-state index contributed by atoms with van der Waals surface area (Å²) in [6, 6.07) is 22.6. The number of β-amino-alcohol motifs (C(OH)–C–C–N with tert-alkyl or cyclic N) is 1. The maximum Gasteiger partial charge on any atom is 0.246 e. The van der Waals surface area contributed by atoms with E-state index < -0.39 is 29.5 Å². The van der Waals surface area contributed by atoms with Gasteiger partial charge in [0.2, 0.25) is 23.6 Å². The number of aryl methyl sites for hydroxylation is 1. The molecule has 2 aromatic heterocycles. The number of carbonyl (C=O) groups is 4. The molecule has 5 atom stereocenters. The number of ether oxygens (including phenoxy) is 2. The summed E-state index contributed by atoms with van der Waals surface area (Å²) in [5.74, 6) is 0.639. The smallest absolute Gasteiger partial charge is 0.246 e. The van der Waals surface area contributed by atoms with Crippen molar-refractivity contribution in [3.05, 3.63) is 95.6 Å². The van der Waals surface area contributed by atoms with Crippen molar-refractivity contribution in [2.75, 3.05) is 69.6 Å². The van der Waals surface area contributed by atoms with Gasteiger partial charge in [-0.2, -0.15) is 0 Å². The van der Waals surface area contributed by atoms with E-state index in [1.165, 1.54) is 4.90 Å². The summed E-state index contributed by atoms with van der Waals surface area (Å²) in [6.45, 7) is 15.2. The fourth-order valence-corrected chi connectivity index (χ4v) is 11.0. The second-order valence-electron chi connectivity index (χ2n) is 21.3. The van der Waals surface area contributed by atoms with Gasteiger partial charge in [-0.3, -0.25) is 24.1 Å². The Morgan fingerprint density at radius 3 is 2.34 bits per heavy atom. The van der Waals surface area contributed by atoms with Crippen LogP contribution in [0, 0.1) is 12.3 Å². The van der Waals surface area contributed by atoms with E-state index in [-0.39, 0.29) is 60.8 Å². The third-order valence-electron chi connectivity index (χ3n) is 14.6. The molecule has 3 aromatic carbocycles. The summed E-state index contributed by atoms with van der Waals surface area (Å²) in [7, 11) is 0. The number of aromatic hydroxyl groups is 1. The highest BCUT2D eigenvalue weighted by atomic mass is 32.1. The summed E-state index contributed by atoms with van der Waals surface area (Å²) >= 11 is 1.58. The van der Waals surface area contributed by atoms with E-state index in [1.807, 2.05) is 87.5 Å². The van der Waals surface area contributed by atoms with E-state index in [0.717, 1.165) is 72.2 Å². The number of carbonyl (C=O) groups excluding carboxylic acids is 4. The number of phenolic OH excluding ortho intramolecular Hbond substituents is 1. The SMILES string of the molecule is Cc1ncsc1-c1ccc(C(C)NC(=O)[C@@H]2C[C@@H](O)CN2C(=O)C(NC(=O)CCCCCC(=O)N2CCN(CCOc3ccc(N4CCCC(Oc5cc(-c6ccccc6O)nnc5N)C4)cc3)CC2)C(C)(C)C)cc1. The van der Waals surface area contributed by atoms with E-state index in [1.54, 1.807) is 35.6 Å². The molecule has 3 unspecified atom stereocenters. The van der Waals surface area contributed by atoms with E-state index in [9.17, 15) is 29.4 Å². The van der Waals surface area contributed by atoms with Gasteiger partial charge in [0, 0.05) is 82.4 Å². The predicted octanol–water partition coefficient (Wildman–Crippen LogP) is 6.75. The van der Waals surface area contributed by atoms with E-state index in [2.05, 4.69) is 47.7 Å². The highest BCUT2D eigenvalue weighted by molar-refractivity contribution is 7.13. The molecule has 0 bridgehead atoms. The number of thiazole rings is 1. The summed E-state index contributed by atoms with van der Waals surface area (Å²) in [4.78, 5) is 67.7. The number of hydrogen-bond donors (Lipinski definition) is 5. The van der Waals surface area contributed by atoms with Crippen LogP contribution in [0.25, 0.3) is 21.7 Å². The zero-order valence-corrected chi connectivity index (χ0v) is 45.3. The van der Waals surface area contributed by atoms with Gasteiger partial charge >= 0.3 is 0 Å². The van der Waals surface area contributed by atoms with E-state index in [4.69, 9.17) is 15.2 Å². The molecular weight excluding hydrogens is 985 g/mol. The molecule has 5 heterocycles. The number of nitrogens with one attached hydrogen (secondary N) is 2. The Bertz CT molecular complexity index is 2760. The second-order valence-corrected chi connectivity index (χ2v) is 22.2. The number of aliphatic hydroxyl groups is 1. The lowest BCUT2D eigenvalue weighted by atomic mass is 9.85. The number of rotatable bonds is 20. The molecule has 3 saturated heterocycles. The number of nitrogens with two attached hydrogens (primary N) is 1. The maximum absolute atomic E-state index is 14.2. The highest BCUT2D eigenvalue weighted by Gasteiger charge is 2.45. The molecule has 406 valence electrons. The Morgan fingerprint density at radius 1 is 0.895 bits per heavy atom. The number of amides is 4. The van der Waals surface area contributed by atoms with Crippen LogP contribution in [0.4, 0.5) is 11.5 Å². The third-order valence-corrected chi connectivity index (χ3v) is 15.6. The zero-order valence-electron chi connectivity index (χ0n) is 44.5. The number of piperidine rings is 1. The van der Waals surface area contributed by atoms with Gasteiger partial charge in [0.05, 0.1) is 34.8 Å². The lowest BCUT2D eigenvalue weighted by molar-refractivity contribution is -0.144. The van der Waals surface area contributed by atoms with Crippen molar-refractivity contribution in [1.82, 2.24) is 40.5 Å². The molecule has 76 heavy (non-hydrogen) atoms. The van der Waals surface area contributed by atoms with Crippen molar-refractivity contribution in [2.24, 2.45) is 5.41 Å². The fraction of sp³-hybridized carbons (Fsp3) is 0.491. The summed E-state index contributed by atoms with van der Waals surface area (Å²) in [5, 5.41) is 35.2. The Labute approximate surface area is 450 Å². The van der Waals surface area contributed by atoms with Crippen LogP contribution in [0.3, 0.4) is 0 Å². The number of unbranched alkanes of at least 4 members (excludes halogenated alkanes) is 2. The van der Waals surface area contributed by atoms with Gasteiger partial charge < -0.3 is 50.8 Å². The topological polar surface area (TPSA) is 229 Å². The second kappa shape index (κ2) is 25.3. The quantitative estimate of drug-likeness (QED) is 0.0508. The van der Waals surface area contributed by atoms with Gasteiger partial charge in [-0.15, -0.1) is 21.5 Å². The molecule has 3 aliphatic heterocycles. The number of likely N-dealkylation sites (tertiary alicyclic amines) is 1. The fourth-order valence-electron chi connectivity index (χ4n) is 10.2. The molecule has 0 spiro atoms. The number of anilines is 2. The number of aromatic nitrogens is 3. The van der Waals surface area contributed by atoms with Gasteiger partial charge in [0.15, 0.2) is 11.6 Å². The first kappa shape index (κ1) is 55.4. The number of phenols is 1. The number of piperazine rings is 1. The molecule has 3 fully saturated rings. The first-order chi connectivity index (χ1) is 36.5. The van der Waals surface area contributed by atoms with Crippen LogP contribution in [-0.4, -0.2) is 147 Å². The highest BCUT2D eigenvalue weighted by Crippen LogP contribution is 2.34. The van der Waals surface area contributed by atoms with Gasteiger partial charge in [-0.1, -0.05) is 63.6 Å². The minimum atomic E-state index is -0.909. The van der Waals surface area contributed by atoms with E-state index >= 15 is 0 Å². The molecule has 5 aromatic rings. The molecular formula is C57H74N10O8S. The normalized spacial score (nSPS) is 19.0. The molecule has 0 aliphatic carbocycles. The van der Waals surface area contributed by atoms with Crippen LogP contribution in [0.5, 0.6) is 17.2 Å². The average Bonchev–Trinajstić information content (AvgIpc) is 4.04. The molecule has 6 N–H and O–H groups in total. The van der Waals surface area contributed by atoms with Gasteiger partial charge in [-0.25, -0.2) is 4.98 Å². The van der Waals surface area contributed by atoms with Gasteiger partial charge in [-0.05, 0) is 92.5 Å². The van der Waals surface area contributed by atoms with Crippen molar-refractivity contribution in [2.45, 2.75) is 116 Å². The summed E-state index contributed by atoms with van der Waals surface area (Å²) < 4.78 is 12.5. The Kier molecular flexibility index (Phi) is 18.5. The van der Waals surface area contributed by atoms with Crippen molar-refractivity contribution >= 4 is 46.5 Å². The Hall–Kier alpha value is -6.83. The molecule has 19 heteroatoms. The lowest BCUT2D eigenvalue weighted by Gasteiger charge is -2.35. The van der Waals surface area contributed by atoms with Crippen LogP contribution < -0.4 is 30.7 Å². The third kappa shape index (κ3) is 14.3. The van der Waals surface area contributed by atoms with Gasteiger partial charge in [0.1, 0.15) is 42.0 Å². The van der Waals surface area contributed by atoms with Crippen LogP contribution in [0.1, 0.15) is 96.4 Å². The van der Waals surface area contributed by atoms with E-state index in [0.29, 0.717) is 68.9 Å². The number of aliphatic hydroxyl groups excluding tert-OH is 1. The van der Waals surface area contributed by atoms with Crippen LogP contribution >= 0.6 is 11.3 Å². The summed E-state index contributed by atoms with van der Waals surface area (Å²) in [6.07, 6.45) is 3.47. The van der Waals surface area contributed by atoms with Crippen LogP contribution in [0.2, 0.25) is 0 Å². The van der Waals surface area contributed by atoms with Gasteiger partial charge in [0.25, 0.3) is 0 Å². The Morgan fingerprint density at radius 2 is 1.63 bits per heavy atom. The molecule has 0 saturated carbocycles. The molecule has 3 aliphatic rings. The molecule has 18 nitrogen and oxygen atoms in total. The minimum Gasteiger partial charge on any atom is -0.507 e. The van der Waals surface area contributed by atoms with Crippen molar-refractivity contribution in [1.29, 1.82) is 0 Å². The zero-order chi connectivity index (χ0) is 53.9. The maximum atomic E-state index is 14.2.